The van der Waals surface area contributed by atoms with Crippen molar-refractivity contribution in [3.05, 3.63) is 35.4 Å². The largest absolute Gasteiger partial charge is 0.326 e. The molecule has 1 rings (SSSR count). The third kappa shape index (κ3) is 3.51. The van der Waals surface area contributed by atoms with Crippen LogP contribution in [-0.4, -0.2) is 0 Å². The van der Waals surface area contributed by atoms with E-state index in [1.807, 2.05) is 0 Å². The van der Waals surface area contributed by atoms with Gasteiger partial charge in [-0.05, 0) is 24.0 Å². The molecular formula is C13H21N. The van der Waals surface area contributed by atoms with Gasteiger partial charge in [0.2, 0.25) is 0 Å². The van der Waals surface area contributed by atoms with Gasteiger partial charge in [0.1, 0.15) is 0 Å². The second-order valence-electron chi connectivity index (χ2n) is 3.78. The molecule has 14 heavy (non-hydrogen) atoms. The predicted octanol–water partition coefficient (Wildman–Crippen LogP) is 3.27. The van der Waals surface area contributed by atoms with Crippen LogP contribution in [0.1, 0.15) is 43.7 Å². The summed E-state index contributed by atoms with van der Waals surface area (Å²) in [6.45, 7) is 2.91. The number of unbranched alkanes of at least 4 members (excludes halogenated alkanes) is 3. The number of nitrogens with two attached hydrogens (primary N) is 1. The molecule has 0 amide bonds. The molecule has 0 aromatic heterocycles. The van der Waals surface area contributed by atoms with Gasteiger partial charge >= 0.3 is 0 Å². The Morgan fingerprint density at radius 3 is 2.36 bits per heavy atom. The first kappa shape index (κ1) is 11.3. The number of hydrogen-bond acceptors (Lipinski definition) is 1. The Morgan fingerprint density at radius 2 is 1.71 bits per heavy atom. The van der Waals surface area contributed by atoms with Crippen LogP contribution in [0.5, 0.6) is 0 Å². The quantitative estimate of drug-likeness (QED) is 0.686. The molecule has 0 fully saturated rings. The Labute approximate surface area is 87.3 Å². The van der Waals surface area contributed by atoms with Crippen molar-refractivity contribution in [3.63, 3.8) is 0 Å². The fraction of sp³-hybridized carbons (Fsp3) is 0.538. The Hall–Kier alpha value is -0.820. The molecule has 0 saturated carbocycles. The molecule has 0 heterocycles. The smallest absolute Gasteiger partial charge is 0.0180 e. The van der Waals surface area contributed by atoms with Crippen LogP contribution in [0.15, 0.2) is 24.3 Å². The van der Waals surface area contributed by atoms with E-state index in [-0.39, 0.29) is 0 Å². The monoisotopic (exact) mass is 191 g/mol. The molecule has 0 radical (unpaired) electrons. The summed E-state index contributed by atoms with van der Waals surface area (Å²) >= 11 is 0. The van der Waals surface area contributed by atoms with E-state index in [4.69, 9.17) is 5.73 Å². The van der Waals surface area contributed by atoms with Crippen LogP contribution in [0.4, 0.5) is 0 Å². The van der Waals surface area contributed by atoms with Gasteiger partial charge in [-0.1, -0.05) is 50.5 Å². The molecule has 0 bridgehead atoms. The highest BCUT2D eigenvalue weighted by Crippen LogP contribution is 2.12. The van der Waals surface area contributed by atoms with Crippen molar-refractivity contribution in [2.45, 2.75) is 45.6 Å². The third-order valence-corrected chi connectivity index (χ3v) is 2.64. The van der Waals surface area contributed by atoms with Gasteiger partial charge in [-0.2, -0.15) is 0 Å². The minimum Gasteiger partial charge on any atom is -0.326 e. The topological polar surface area (TPSA) is 26.0 Å². The maximum Gasteiger partial charge on any atom is 0.0180 e. The third-order valence-electron chi connectivity index (χ3n) is 2.64. The molecule has 1 aromatic carbocycles. The van der Waals surface area contributed by atoms with E-state index in [2.05, 4.69) is 31.2 Å². The fourth-order valence-corrected chi connectivity index (χ4v) is 1.74. The van der Waals surface area contributed by atoms with Gasteiger partial charge in [0.15, 0.2) is 0 Å². The number of aryl methyl sites for hydroxylation is 1. The van der Waals surface area contributed by atoms with Crippen molar-refractivity contribution in [2.24, 2.45) is 5.73 Å². The predicted molar refractivity (Wildman–Crippen MR) is 62.2 cm³/mol. The van der Waals surface area contributed by atoms with E-state index in [0.717, 1.165) is 0 Å². The zero-order valence-electron chi connectivity index (χ0n) is 9.13. The lowest BCUT2D eigenvalue weighted by Gasteiger charge is -2.06. The van der Waals surface area contributed by atoms with Crippen molar-refractivity contribution >= 4 is 0 Å². The first-order chi connectivity index (χ1) is 6.88. The standard InChI is InChI=1S/C13H21N/c1-2-3-4-5-8-12-9-6-7-10-13(12)11-14/h6-7,9-10H,2-5,8,11,14H2,1H3. The molecule has 0 saturated heterocycles. The summed E-state index contributed by atoms with van der Waals surface area (Å²) in [6, 6.07) is 8.51. The van der Waals surface area contributed by atoms with Gasteiger partial charge in [-0.25, -0.2) is 0 Å². The van der Waals surface area contributed by atoms with Crippen LogP contribution in [0.2, 0.25) is 0 Å². The molecule has 0 aliphatic heterocycles. The zero-order valence-corrected chi connectivity index (χ0v) is 9.13. The molecule has 1 nitrogen and oxygen atoms in total. The lowest BCUT2D eigenvalue weighted by molar-refractivity contribution is 0.664. The van der Waals surface area contributed by atoms with Gasteiger partial charge in [-0.3, -0.25) is 0 Å². The van der Waals surface area contributed by atoms with Crippen molar-refractivity contribution < 1.29 is 0 Å². The van der Waals surface area contributed by atoms with E-state index in [0.29, 0.717) is 6.54 Å². The average Bonchev–Trinajstić information content (AvgIpc) is 2.25. The molecule has 0 aliphatic carbocycles. The summed E-state index contributed by atoms with van der Waals surface area (Å²) in [7, 11) is 0. The van der Waals surface area contributed by atoms with Crippen molar-refractivity contribution in [1.29, 1.82) is 0 Å². The van der Waals surface area contributed by atoms with Crippen molar-refractivity contribution in [1.82, 2.24) is 0 Å². The van der Waals surface area contributed by atoms with Gasteiger partial charge in [0.25, 0.3) is 0 Å². The van der Waals surface area contributed by atoms with Crippen molar-refractivity contribution in [3.8, 4) is 0 Å². The zero-order chi connectivity index (χ0) is 10.2. The summed E-state index contributed by atoms with van der Waals surface area (Å²) < 4.78 is 0. The molecule has 78 valence electrons. The van der Waals surface area contributed by atoms with Gasteiger partial charge in [0.05, 0.1) is 0 Å². The van der Waals surface area contributed by atoms with Gasteiger partial charge in [0, 0.05) is 6.54 Å². The van der Waals surface area contributed by atoms with Gasteiger partial charge < -0.3 is 5.73 Å². The van der Waals surface area contributed by atoms with E-state index in [1.165, 1.54) is 43.2 Å². The highest BCUT2D eigenvalue weighted by atomic mass is 14.5. The van der Waals surface area contributed by atoms with E-state index in [1.54, 1.807) is 0 Å². The first-order valence-electron chi connectivity index (χ1n) is 5.65. The minimum absolute atomic E-state index is 0.671. The average molecular weight is 191 g/mol. The Balaban J connectivity index is 2.41. The summed E-state index contributed by atoms with van der Waals surface area (Å²) in [6.07, 6.45) is 6.48. The van der Waals surface area contributed by atoms with Crippen molar-refractivity contribution in [2.75, 3.05) is 0 Å². The van der Waals surface area contributed by atoms with Crippen LogP contribution in [0, 0.1) is 0 Å². The SMILES string of the molecule is CCCCCCc1ccccc1CN. The second kappa shape index (κ2) is 6.61. The summed E-state index contributed by atoms with van der Waals surface area (Å²) in [4.78, 5) is 0. The highest BCUT2D eigenvalue weighted by molar-refractivity contribution is 5.26. The summed E-state index contributed by atoms with van der Waals surface area (Å²) in [5.74, 6) is 0. The van der Waals surface area contributed by atoms with E-state index >= 15 is 0 Å². The van der Waals surface area contributed by atoms with Crippen LogP contribution >= 0.6 is 0 Å². The van der Waals surface area contributed by atoms with Crippen LogP contribution in [-0.2, 0) is 13.0 Å². The van der Waals surface area contributed by atoms with E-state index < -0.39 is 0 Å². The molecule has 2 N–H and O–H groups in total. The number of benzene rings is 1. The Bertz CT molecular complexity index is 255. The van der Waals surface area contributed by atoms with Crippen LogP contribution in [0.3, 0.4) is 0 Å². The lowest BCUT2D eigenvalue weighted by Crippen LogP contribution is -2.01. The summed E-state index contributed by atoms with van der Waals surface area (Å²) in [5.41, 5.74) is 8.43. The summed E-state index contributed by atoms with van der Waals surface area (Å²) in [5, 5.41) is 0. The first-order valence-corrected chi connectivity index (χ1v) is 5.65. The van der Waals surface area contributed by atoms with Gasteiger partial charge in [-0.15, -0.1) is 0 Å². The van der Waals surface area contributed by atoms with Crippen LogP contribution in [0.25, 0.3) is 0 Å². The molecule has 0 unspecified atom stereocenters. The highest BCUT2D eigenvalue weighted by Gasteiger charge is 1.98. The molecule has 1 aromatic rings. The molecule has 1 heteroatoms. The maximum absolute atomic E-state index is 5.68. The molecule has 0 aliphatic rings. The molecule has 0 spiro atoms. The minimum atomic E-state index is 0.671. The lowest BCUT2D eigenvalue weighted by atomic mass is 10.0. The number of hydrogen-bond donors (Lipinski definition) is 1. The maximum atomic E-state index is 5.68. The molecular weight excluding hydrogens is 170 g/mol. The normalized spacial score (nSPS) is 10.4. The second-order valence-corrected chi connectivity index (χ2v) is 3.78. The fourth-order valence-electron chi connectivity index (χ4n) is 1.74. The van der Waals surface area contributed by atoms with E-state index in [9.17, 15) is 0 Å². The Kier molecular flexibility index (Phi) is 5.31. The number of rotatable bonds is 6. The Morgan fingerprint density at radius 1 is 1.00 bits per heavy atom. The molecule has 0 atom stereocenters. The van der Waals surface area contributed by atoms with Crippen LogP contribution < -0.4 is 5.73 Å².